The summed E-state index contributed by atoms with van der Waals surface area (Å²) in [7, 11) is 3.33. The van der Waals surface area contributed by atoms with E-state index < -0.39 is 0 Å². The highest BCUT2D eigenvalue weighted by atomic mass is 79.9. The van der Waals surface area contributed by atoms with E-state index >= 15 is 0 Å². The van der Waals surface area contributed by atoms with Gasteiger partial charge in [-0.25, -0.2) is 0 Å². The number of rotatable bonds is 5. The summed E-state index contributed by atoms with van der Waals surface area (Å²) in [5.41, 5.74) is 0.993. The minimum absolute atomic E-state index is 0.671. The van der Waals surface area contributed by atoms with Gasteiger partial charge in [0, 0.05) is 24.2 Å². The van der Waals surface area contributed by atoms with Gasteiger partial charge in [-0.3, -0.25) is 0 Å². The maximum Gasteiger partial charge on any atom is 0.135 e. The van der Waals surface area contributed by atoms with E-state index in [1.165, 1.54) is 0 Å². The van der Waals surface area contributed by atoms with Crippen LogP contribution in [0.2, 0.25) is 0 Å². The lowest BCUT2D eigenvalue weighted by Crippen LogP contribution is -2.08. The molecule has 1 rings (SSSR count). The van der Waals surface area contributed by atoms with Gasteiger partial charge in [0.15, 0.2) is 0 Å². The molecule has 84 valence electrons. The molecule has 0 unspecified atom stereocenters. The fourth-order valence-corrected chi connectivity index (χ4v) is 2.40. The van der Waals surface area contributed by atoms with Gasteiger partial charge in [-0.2, -0.15) is 0 Å². The monoisotopic (exact) mass is 337 g/mol. The van der Waals surface area contributed by atoms with E-state index in [0.717, 1.165) is 26.9 Å². The fourth-order valence-electron chi connectivity index (χ4n) is 1.11. The van der Waals surface area contributed by atoms with Gasteiger partial charge in [-0.1, -0.05) is 0 Å². The van der Waals surface area contributed by atoms with Crippen LogP contribution in [0.3, 0.4) is 0 Å². The van der Waals surface area contributed by atoms with Crippen molar-refractivity contribution in [2.75, 3.05) is 32.7 Å². The highest BCUT2D eigenvalue weighted by Crippen LogP contribution is 2.34. The molecule has 0 aliphatic rings. The second kappa shape index (κ2) is 6.35. The van der Waals surface area contributed by atoms with Gasteiger partial charge in [0.1, 0.15) is 5.75 Å². The van der Waals surface area contributed by atoms with Crippen molar-refractivity contribution in [2.24, 2.45) is 0 Å². The summed E-state index contributed by atoms with van der Waals surface area (Å²) >= 11 is 6.89. The lowest BCUT2D eigenvalue weighted by atomic mass is 10.3. The van der Waals surface area contributed by atoms with E-state index in [-0.39, 0.29) is 0 Å². The molecule has 3 nitrogen and oxygen atoms in total. The van der Waals surface area contributed by atoms with Crippen molar-refractivity contribution >= 4 is 37.5 Å². The maximum absolute atomic E-state index is 5.21. The number of ether oxygens (including phenoxy) is 2. The van der Waals surface area contributed by atoms with Gasteiger partial charge >= 0.3 is 0 Å². The standard InChI is InChI=1S/C10H13Br2NO2/c1-14-4-3-13-9-6-10(15-2)8(12)5-7(9)11/h5-6,13H,3-4H2,1-2H3. The largest absolute Gasteiger partial charge is 0.495 e. The van der Waals surface area contributed by atoms with Crippen LogP contribution >= 0.6 is 31.9 Å². The third-order valence-electron chi connectivity index (χ3n) is 1.86. The normalized spacial score (nSPS) is 10.1. The third-order valence-corrected chi connectivity index (χ3v) is 3.14. The second-order valence-corrected chi connectivity index (χ2v) is 4.59. The highest BCUT2D eigenvalue weighted by Gasteiger charge is 2.06. The van der Waals surface area contributed by atoms with Gasteiger partial charge in [0.05, 0.1) is 23.9 Å². The number of halogens is 2. The Kier molecular flexibility index (Phi) is 5.42. The predicted octanol–water partition coefficient (Wildman–Crippen LogP) is 3.28. The molecule has 0 aromatic heterocycles. The first kappa shape index (κ1) is 12.8. The summed E-state index contributed by atoms with van der Waals surface area (Å²) < 4.78 is 12.1. The lowest BCUT2D eigenvalue weighted by Gasteiger charge is -2.11. The smallest absolute Gasteiger partial charge is 0.135 e. The van der Waals surface area contributed by atoms with Gasteiger partial charge in [0.25, 0.3) is 0 Å². The van der Waals surface area contributed by atoms with Crippen LogP contribution in [0.4, 0.5) is 5.69 Å². The van der Waals surface area contributed by atoms with Crippen molar-refractivity contribution < 1.29 is 9.47 Å². The molecule has 0 atom stereocenters. The molecule has 0 fully saturated rings. The lowest BCUT2D eigenvalue weighted by molar-refractivity contribution is 0.211. The van der Waals surface area contributed by atoms with Crippen LogP contribution in [-0.4, -0.2) is 27.4 Å². The van der Waals surface area contributed by atoms with E-state index in [1.54, 1.807) is 14.2 Å². The Morgan fingerprint density at radius 1 is 1.20 bits per heavy atom. The molecule has 0 radical (unpaired) electrons. The zero-order valence-corrected chi connectivity index (χ0v) is 11.8. The van der Waals surface area contributed by atoms with Crippen LogP contribution in [0.25, 0.3) is 0 Å². The molecule has 15 heavy (non-hydrogen) atoms. The van der Waals surface area contributed by atoms with Crippen molar-refractivity contribution in [1.82, 2.24) is 0 Å². The van der Waals surface area contributed by atoms with Crippen LogP contribution < -0.4 is 10.1 Å². The number of methoxy groups -OCH3 is 2. The van der Waals surface area contributed by atoms with Crippen molar-refractivity contribution in [2.45, 2.75) is 0 Å². The van der Waals surface area contributed by atoms with Gasteiger partial charge in [-0.05, 0) is 37.9 Å². The van der Waals surface area contributed by atoms with Crippen LogP contribution in [0.5, 0.6) is 5.75 Å². The van der Waals surface area contributed by atoms with Gasteiger partial charge in [-0.15, -0.1) is 0 Å². The Morgan fingerprint density at radius 2 is 1.93 bits per heavy atom. The number of hydrogen-bond donors (Lipinski definition) is 1. The Hall–Kier alpha value is -0.260. The molecular weight excluding hydrogens is 326 g/mol. The molecule has 0 aliphatic carbocycles. The van der Waals surface area contributed by atoms with E-state index in [0.29, 0.717) is 6.61 Å². The molecule has 1 aromatic rings. The van der Waals surface area contributed by atoms with E-state index in [2.05, 4.69) is 37.2 Å². The van der Waals surface area contributed by atoms with Crippen molar-refractivity contribution in [3.05, 3.63) is 21.1 Å². The summed E-state index contributed by atoms with van der Waals surface area (Å²) in [6.07, 6.45) is 0. The van der Waals surface area contributed by atoms with E-state index in [4.69, 9.17) is 9.47 Å². The Labute approximate surface area is 106 Å². The number of hydrogen-bond acceptors (Lipinski definition) is 3. The molecule has 0 aliphatic heterocycles. The zero-order chi connectivity index (χ0) is 11.3. The minimum atomic E-state index is 0.671. The van der Waals surface area contributed by atoms with Crippen LogP contribution in [-0.2, 0) is 4.74 Å². The van der Waals surface area contributed by atoms with Crippen molar-refractivity contribution in [3.63, 3.8) is 0 Å². The summed E-state index contributed by atoms with van der Waals surface area (Å²) in [6.45, 7) is 1.44. The van der Waals surface area contributed by atoms with Crippen LogP contribution in [0.15, 0.2) is 21.1 Å². The molecule has 0 heterocycles. The second-order valence-electron chi connectivity index (χ2n) is 2.89. The summed E-state index contributed by atoms with van der Waals surface area (Å²) in [5.74, 6) is 0.804. The third kappa shape index (κ3) is 3.66. The Bertz CT molecular complexity index is 331. The molecule has 0 saturated carbocycles. The minimum Gasteiger partial charge on any atom is -0.495 e. The number of nitrogens with one attached hydrogen (secondary N) is 1. The first-order valence-corrected chi connectivity index (χ1v) is 6.03. The molecule has 5 heteroatoms. The molecule has 0 saturated heterocycles. The predicted molar refractivity (Wildman–Crippen MR) is 68.8 cm³/mol. The zero-order valence-electron chi connectivity index (χ0n) is 8.64. The topological polar surface area (TPSA) is 30.5 Å². The maximum atomic E-state index is 5.21. The molecule has 1 N–H and O–H groups in total. The summed E-state index contributed by atoms with van der Waals surface area (Å²) in [6, 6.07) is 3.89. The molecule has 0 amide bonds. The van der Waals surface area contributed by atoms with Crippen molar-refractivity contribution in [3.8, 4) is 5.75 Å². The van der Waals surface area contributed by atoms with E-state index in [1.807, 2.05) is 12.1 Å². The molecule has 0 bridgehead atoms. The quantitative estimate of drug-likeness (QED) is 0.836. The molecule has 1 aromatic carbocycles. The first-order chi connectivity index (χ1) is 7.19. The molecular formula is C10H13Br2NO2. The Morgan fingerprint density at radius 3 is 2.53 bits per heavy atom. The first-order valence-electron chi connectivity index (χ1n) is 4.45. The molecule has 0 spiro atoms. The van der Waals surface area contributed by atoms with Crippen LogP contribution in [0, 0.1) is 0 Å². The number of anilines is 1. The average molecular weight is 339 g/mol. The number of benzene rings is 1. The van der Waals surface area contributed by atoms with Gasteiger partial charge < -0.3 is 14.8 Å². The summed E-state index contributed by atoms with van der Waals surface area (Å²) in [5, 5.41) is 3.24. The van der Waals surface area contributed by atoms with Crippen LogP contribution in [0.1, 0.15) is 0 Å². The summed E-state index contributed by atoms with van der Waals surface area (Å²) in [4.78, 5) is 0. The fraction of sp³-hybridized carbons (Fsp3) is 0.400. The average Bonchev–Trinajstić information content (AvgIpc) is 2.21. The Balaban J connectivity index is 2.78. The SMILES string of the molecule is COCCNc1cc(OC)c(Br)cc1Br. The highest BCUT2D eigenvalue weighted by molar-refractivity contribution is 9.11. The van der Waals surface area contributed by atoms with Gasteiger partial charge in [0.2, 0.25) is 0 Å². The van der Waals surface area contributed by atoms with E-state index in [9.17, 15) is 0 Å². The van der Waals surface area contributed by atoms with Crippen molar-refractivity contribution in [1.29, 1.82) is 0 Å².